The summed E-state index contributed by atoms with van der Waals surface area (Å²) in [4.78, 5) is 25.4. The van der Waals surface area contributed by atoms with E-state index in [2.05, 4.69) is 58.2 Å². The first-order valence-electron chi connectivity index (χ1n) is 9.43. The number of para-hydroxylation sites is 1. The highest BCUT2D eigenvalue weighted by molar-refractivity contribution is 7.71. The lowest BCUT2D eigenvalue weighted by Gasteiger charge is -2.28. The van der Waals surface area contributed by atoms with Crippen molar-refractivity contribution in [3.05, 3.63) is 80.0 Å². The molecule has 140 valence electrons. The van der Waals surface area contributed by atoms with Gasteiger partial charge in [-0.1, -0.05) is 29.8 Å². The number of hydrogen-bond donors (Lipinski definition) is 2. The molecule has 0 bridgehead atoms. The van der Waals surface area contributed by atoms with E-state index in [0.29, 0.717) is 11.3 Å². The minimum absolute atomic E-state index is 0.0799. The molecule has 3 heterocycles. The van der Waals surface area contributed by atoms with Gasteiger partial charge in [-0.2, -0.15) is 0 Å². The van der Waals surface area contributed by atoms with Crippen molar-refractivity contribution in [2.75, 3.05) is 6.54 Å². The van der Waals surface area contributed by atoms with E-state index in [1.165, 1.54) is 21.9 Å². The van der Waals surface area contributed by atoms with Crippen molar-refractivity contribution >= 4 is 34.0 Å². The van der Waals surface area contributed by atoms with Gasteiger partial charge in [-0.3, -0.25) is 14.7 Å². The maximum Gasteiger partial charge on any atom is 0.256 e. The maximum atomic E-state index is 12.4. The quantitative estimate of drug-likeness (QED) is 0.402. The van der Waals surface area contributed by atoms with E-state index in [9.17, 15) is 4.79 Å². The summed E-state index contributed by atoms with van der Waals surface area (Å²) < 4.78 is 0.402. The van der Waals surface area contributed by atoms with Gasteiger partial charge in [0, 0.05) is 42.5 Å². The molecule has 28 heavy (non-hydrogen) atoms. The second kappa shape index (κ2) is 6.65. The molecule has 4 aromatic rings. The summed E-state index contributed by atoms with van der Waals surface area (Å²) in [7, 11) is 0. The third-order valence-corrected chi connectivity index (χ3v) is 5.72. The molecule has 0 aliphatic carbocycles. The molecule has 0 radical (unpaired) electrons. The van der Waals surface area contributed by atoms with Crippen LogP contribution in [0.25, 0.3) is 21.8 Å². The number of pyridine rings is 1. The zero-order valence-corrected chi connectivity index (χ0v) is 16.4. The topological polar surface area (TPSA) is 64.8 Å². The van der Waals surface area contributed by atoms with Crippen molar-refractivity contribution in [2.24, 2.45) is 0 Å². The fourth-order valence-electron chi connectivity index (χ4n) is 4.13. The van der Waals surface area contributed by atoms with Crippen LogP contribution in [0.1, 0.15) is 22.4 Å². The molecule has 0 fully saturated rings. The monoisotopic (exact) mass is 388 g/mol. The van der Waals surface area contributed by atoms with Crippen molar-refractivity contribution in [2.45, 2.75) is 26.4 Å². The van der Waals surface area contributed by atoms with Crippen LogP contribution in [-0.2, 0) is 19.5 Å². The van der Waals surface area contributed by atoms with Gasteiger partial charge in [0.05, 0.1) is 16.6 Å². The van der Waals surface area contributed by atoms with Crippen molar-refractivity contribution in [3.63, 3.8) is 0 Å². The Bertz CT molecular complexity index is 1340. The standard InChI is InChI=1S/C22H20N4OS/c1-13-6-7-19-15(10-13)16(14-4-2-3-5-18(14)23-19)11-26-9-8-20-17(12-26)21(27)25-22(28)24-20/h2-7,10H,8-9,11-12H2,1H3,(H2,24,25,27,28). The molecule has 6 heteroatoms. The van der Waals surface area contributed by atoms with Crippen LogP contribution in [0.5, 0.6) is 0 Å². The number of hydrogen-bond acceptors (Lipinski definition) is 4. The van der Waals surface area contributed by atoms with Crippen molar-refractivity contribution in [1.82, 2.24) is 19.9 Å². The molecule has 0 spiro atoms. The minimum Gasteiger partial charge on any atom is -0.335 e. The Hall–Kier alpha value is -2.83. The molecule has 1 aliphatic heterocycles. The number of benzene rings is 2. The summed E-state index contributed by atoms with van der Waals surface area (Å²) >= 11 is 5.11. The average molecular weight is 388 g/mol. The van der Waals surface area contributed by atoms with Gasteiger partial charge in [-0.05, 0) is 42.9 Å². The molecule has 0 saturated carbocycles. The van der Waals surface area contributed by atoms with Gasteiger partial charge in [0.2, 0.25) is 0 Å². The maximum absolute atomic E-state index is 12.4. The third-order valence-electron chi connectivity index (χ3n) is 5.52. The predicted octanol–water partition coefficient (Wildman–Crippen LogP) is 4.00. The number of aromatic nitrogens is 3. The van der Waals surface area contributed by atoms with Gasteiger partial charge in [0.25, 0.3) is 5.56 Å². The van der Waals surface area contributed by atoms with Crippen LogP contribution in [-0.4, -0.2) is 26.4 Å². The highest BCUT2D eigenvalue weighted by Gasteiger charge is 2.21. The van der Waals surface area contributed by atoms with Crippen LogP contribution in [0.3, 0.4) is 0 Å². The Kier molecular flexibility index (Phi) is 4.10. The highest BCUT2D eigenvalue weighted by Crippen LogP contribution is 2.29. The molecule has 0 unspecified atom stereocenters. The minimum atomic E-state index is -0.0799. The second-order valence-corrected chi connectivity index (χ2v) is 7.86. The number of rotatable bonds is 2. The van der Waals surface area contributed by atoms with E-state index < -0.39 is 0 Å². The van der Waals surface area contributed by atoms with Gasteiger partial charge < -0.3 is 4.98 Å². The summed E-state index contributed by atoms with van der Waals surface area (Å²) in [6, 6.07) is 14.7. The average Bonchev–Trinajstić information content (AvgIpc) is 2.68. The predicted molar refractivity (Wildman–Crippen MR) is 114 cm³/mol. The zero-order chi connectivity index (χ0) is 19.3. The van der Waals surface area contributed by atoms with E-state index in [1.54, 1.807) is 0 Å². The fourth-order valence-corrected chi connectivity index (χ4v) is 4.35. The molecular weight excluding hydrogens is 368 g/mol. The second-order valence-electron chi connectivity index (χ2n) is 7.45. The number of aromatic amines is 2. The van der Waals surface area contributed by atoms with Gasteiger partial charge in [-0.25, -0.2) is 4.98 Å². The first kappa shape index (κ1) is 17.3. The molecule has 2 aromatic carbocycles. The van der Waals surface area contributed by atoms with E-state index in [1.807, 2.05) is 6.07 Å². The number of nitrogens with zero attached hydrogens (tertiary/aromatic N) is 2. The lowest BCUT2D eigenvalue weighted by molar-refractivity contribution is 0.243. The normalized spacial score (nSPS) is 14.5. The smallest absolute Gasteiger partial charge is 0.256 e. The third kappa shape index (κ3) is 2.95. The Morgan fingerprint density at radius 2 is 1.93 bits per heavy atom. The van der Waals surface area contributed by atoms with Gasteiger partial charge in [0.15, 0.2) is 4.77 Å². The summed E-state index contributed by atoms with van der Waals surface area (Å²) in [6.45, 7) is 4.38. The number of aryl methyl sites for hydroxylation is 1. The van der Waals surface area contributed by atoms with Gasteiger partial charge >= 0.3 is 0 Å². The van der Waals surface area contributed by atoms with E-state index in [-0.39, 0.29) is 5.56 Å². The molecular formula is C22H20N4OS. The first-order chi connectivity index (χ1) is 13.6. The Morgan fingerprint density at radius 3 is 2.82 bits per heavy atom. The van der Waals surface area contributed by atoms with Gasteiger partial charge in [-0.15, -0.1) is 0 Å². The fraction of sp³-hybridized carbons (Fsp3) is 0.227. The summed E-state index contributed by atoms with van der Waals surface area (Å²) in [6.07, 6.45) is 0.795. The van der Waals surface area contributed by atoms with Crippen LogP contribution in [0, 0.1) is 11.7 Å². The summed E-state index contributed by atoms with van der Waals surface area (Å²) in [5.74, 6) is 0. The Labute approximate surface area is 167 Å². The van der Waals surface area contributed by atoms with Crippen LogP contribution in [0.4, 0.5) is 0 Å². The van der Waals surface area contributed by atoms with Crippen molar-refractivity contribution < 1.29 is 0 Å². The summed E-state index contributed by atoms with van der Waals surface area (Å²) in [5.41, 5.74) is 6.19. The van der Waals surface area contributed by atoms with Gasteiger partial charge in [0.1, 0.15) is 0 Å². The molecule has 0 atom stereocenters. The van der Waals surface area contributed by atoms with E-state index >= 15 is 0 Å². The molecule has 0 amide bonds. The number of H-pyrrole nitrogens is 2. The molecule has 0 saturated heterocycles. The first-order valence-corrected chi connectivity index (χ1v) is 9.84. The zero-order valence-electron chi connectivity index (χ0n) is 15.6. The van der Waals surface area contributed by atoms with Crippen LogP contribution in [0.2, 0.25) is 0 Å². The number of fused-ring (bicyclic) bond motifs is 3. The Morgan fingerprint density at radius 1 is 1.11 bits per heavy atom. The molecule has 5 nitrogen and oxygen atoms in total. The SMILES string of the molecule is Cc1ccc2nc3ccccc3c(CN3CCc4[nH]c(=S)[nH]c(=O)c4C3)c2c1. The molecule has 1 aliphatic rings. The van der Waals surface area contributed by atoms with E-state index in [0.717, 1.165) is 41.8 Å². The van der Waals surface area contributed by atoms with Crippen molar-refractivity contribution in [3.8, 4) is 0 Å². The Balaban J connectivity index is 1.62. The molecule has 2 aromatic heterocycles. The van der Waals surface area contributed by atoms with Crippen LogP contribution < -0.4 is 5.56 Å². The number of nitrogens with one attached hydrogen (secondary N) is 2. The lowest BCUT2D eigenvalue weighted by atomic mass is 9.99. The van der Waals surface area contributed by atoms with Crippen LogP contribution in [0.15, 0.2) is 47.3 Å². The molecule has 2 N–H and O–H groups in total. The van der Waals surface area contributed by atoms with E-state index in [4.69, 9.17) is 17.2 Å². The van der Waals surface area contributed by atoms with Crippen LogP contribution >= 0.6 is 12.2 Å². The lowest BCUT2D eigenvalue weighted by Crippen LogP contribution is -2.35. The van der Waals surface area contributed by atoms with Crippen molar-refractivity contribution in [1.29, 1.82) is 0 Å². The highest BCUT2D eigenvalue weighted by atomic mass is 32.1. The molecule has 5 rings (SSSR count). The summed E-state index contributed by atoms with van der Waals surface area (Å²) in [5, 5.41) is 2.36. The largest absolute Gasteiger partial charge is 0.335 e.